The number of nitrogens with two attached hydrogens (primary N) is 3. The van der Waals surface area contributed by atoms with Crippen molar-refractivity contribution in [2.45, 2.75) is 45.4 Å². The standard InChI is InChI=1S/C23H29ClN8OS/c1-2-3-7-16-13-29-22(34-16)15-10-8-14(9-11-15)6-4-5-12-28-23(27)32-21(33)17-19(25)31-20(26)18(24)30-17/h8-11,13H,2-7,12H2,1H3,(H4,25,26,31)(H3,27,28,32,33). The Hall–Kier alpha value is -3.24. The number of nitrogens with one attached hydrogen (secondary N) is 1. The van der Waals surface area contributed by atoms with Crippen molar-refractivity contribution < 1.29 is 4.79 Å². The van der Waals surface area contributed by atoms with Crippen LogP contribution in [0.25, 0.3) is 10.6 Å². The molecule has 34 heavy (non-hydrogen) atoms. The predicted molar refractivity (Wildman–Crippen MR) is 139 cm³/mol. The van der Waals surface area contributed by atoms with Gasteiger partial charge in [-0.1, -0.05) is 49.2 Å². The van der Waals surface area contributed by atoms with Crippen LogP contribution in [0.5, 0.6) is 0 Å². The van der Waals surface area contributed by atoms with Gasteiger partial charge in [0.2, 0.25) is 0 Å². The molecule has 0 saturated heterocycles. The average Bonchev–Trinajstić information content (AvgIpc) is 3.29. The van der Waals surface area contributed by atoms with Gasteiger partial charge in [-0.05, 0) is 37.7 Å². The number of guanidine groups is 1. The first-order valence-electron chi connectivity index (χ1n) is 11.1. The van der Waals surface area contributed by atoms with Crippen molar-refractivity contribution in [3.8, 4) is 10.6 Å². The molecule has 0 unspecified atom stereocenters. The lowest BCUT2D eigenvalue weighted by molar-refractivity contribution is 0.0972. The van der Waals surface area contributed by atoms with Crippen molar-refractivity contribution in [1.82, 2.24) is 20.3 Å². The van der Waals surface area contributed by atoms with E-state index in [2.05, 4.69) is 56.5 Å². The lowest BCUT2D eigenvalue weighted by atomic mass is 10.1. The fourth-order valence-corrected chi connectivity index (χ4v) is 4.27. The molecule has 1 amide bonds. The Labute approximate surface area is 207 Å². The van der Waals surface area contributed by atoms with Crippen LogP contribution in [0.1, 0.15) is 53.5 Å². The molecule has 0 bridgehead atoms. The van der Waals surface area contributed by atoms with Crippen LogP contribution in [0.15, 0.2) is 35.5 Å². The highest BCUT2D eigenvalue weighted by atomic mass is 35.5. The topological polar surface area (TPSA) is 158 Å². The van der Waals surface area contributed by atoms with Crippen molar-refractivity contribution in [2.75, 3.05) is 18.0 Å². The third-order valence-electron chi connectivity index (χ3n) is 5.05. The normalized spacial score (nSPS) is 11.5. The summed E-state index contributed by atoms with van der Waals surface area (Å²) < 4.78 is 0. The Kier molecular flexibility index (Phi) is 9.17. The van der Waals surface area contributed by atoms with Gasteiger partial charge in [0, 0.05) is 23.2 Å². The molecule has 0 aliphatic heterocycles. The summed E-state index contributed by atoms with van der Waals surface area (Å²) in [4.78, 5) is 29.9. The van der Waals surface area contributed by atoms with Gasteiger partial charge in [0.15, 0.2) is 28.4 Å². The summed E-state index contributed by atoms with van der Waals surface area (Å²) in [5.74, 6) is -0.854. The number of amides is 1. The fourth-order valence-electron chi connectivity index (χ4n) is 3.19. The van der Waals surface area contributed by atoms with Gasteiger partial charge in [0.1, 0.15) is 5.01 Å². The van der Waals surface area contributed by atoms with Crippen molar-refractivity contribution in [2.24, 2.45) is 10.7 Å². The molecule has 9 nitrogen and oxygen atoms in total. The van der Waals surface area contributed by atoms with Crippen LogP contribution < -0.4 is 22.5 Å². The summed E-state index contributed by atoms with van der Waals surface area (Å²) in [7, 11) is 0. The maximum atomic E-state index is 12.2. The Morgan fingerprint density at radius 3 is 2.59 bits per heavy atom. The Morgan fingerprint density at radius 2 is 1.85 bits per heavy atom. The fraction of sp³-hybridized carbons (Fsp3) is 0.348. The molecule has 0 radical (unpaired) electrons. The van der Waals surface area contributed by atoms with Crippen LogP contribution in [-0.2, 0) is 12.8 Å². The molecule has 0 atom stereocenters. The van der Waals surface area contributed by atoms with E-state index in [0.29, 0.717) is 6.54 Å². The zero-order chi connectivity index (χ0) is 24.5. The maximum absolute atomic E-state index is 12.2. The molecular formula is C23H29ClN8OS. The molecule has 1 aromatic carbocycles. The molecule has 0 saturated carbocycles. The second-order valence-electron chi connectivity index (χ2n) is 7.74. The van der Waals surface area contributed by atoms with Crippen LogP contribution in [0.2, 0.25) is 5.15 Å². The molecule has 2 aromatic heterocycles. The van der Waals surface area contributed by atoms with Crippen LogP contribution in [0, 0.1) is 0 Å². The summed E-state index contributed by atoms with van der Waals surface area (Å²) in [6, 6.07) is 8.54. The molecule has 0 aliphatic rings. The van der Waals surface area contributed by atoms with Gasteiger partial charge in [-0.25, -0.2) is 15.0 Å². The Bertz CT molecular complexity index is 1150. The number of aromatic nitrogens is 3. The predicted octanol–water partition coefficient (Wildman–Crippen LogP) is 3.83. The largest absolute Gasteiger partial charge is 0.382 e. The quantitative estimate of drug-likeness (QED) is 0.187. The zero-order valence-electron chi connectivity index (χ0n) is 19.1. The first-order chi connectivity index (χ1) is 16.4. The molecule has 3 rings (SSSR count). The number of hydrogen-bond donors (Lipinski definition) is 4. The number of unbranched alkanes of at least 4 members (excludes halogenated alkanes) is 2. The lowest BCUT2D eigenvalue weighted by Gasteiger charge is -2.07. The minimum absolute atomic E-state index is 0.0229. The van der Waals surface area contributed by atoms with Crippen LogP contribution in [0.4, 0.5) is 11.6 Å². The Balaban J connectivity index is 1.42. The highest BCUT2D eigenvalue weighted by Gasteiger charge is 2.16. The van der Waals surface area contributed by atoms with Crippen LogP contribution >= 0.6 is 22.9 Å². The monoisotopic (exact) mass is 500 g/mol. The average molecular weight is 501 g/mol. The summed E-state index contributed by atoms with van der Waals surface area (Å²) in [5, 5.41) is 3.39. The lowest BCUT2D eigenvalue weighted by Crippen LogP contribution is -2.38. The van der Waals surface area contributed by atoms with Gasteiger partial charge in [-0.15, -0.1) is 11.3 Å². The first kappa shape index (κ1) is 25.4. The summed E-state index contributed by atoms with van der Waals surface area (Å²) in [6.45, 7) is 2.68. The SMILES string of the molecule is CCCCc1cnc(-c2ccc(CCCCN=C(N)NC(=O)c3nc(Cl)c(N)nc3N)cc2)s1. The molecule has 3 aromatic rings. The summed E-state index contributed by atoms with van der Waals surface area (Å²) >= 11 is 7.56. The van der Waals surface area contributed by atoms with Crippen LogP contribution in [0.3, 0.4) is 0 Å². The van der Waals surface area contributed by atoms with E-state index >= 15 is 0 Å². The number of aliphatic imine (C=N–C) groups is 1. The van der Waals surface area contributed by atoms with Crippen molar-refractivity contribution in [3.63, 3.8) is 0 Å². The number of hydrogen-bond acceptors (Lipinski definition) is 8. The van der Waals surface area contributed by atoms with E-state index in [1.165, 1.54) is 23.3 Å². The minimum atomic E-state index is -0.647. The van der Waals surface area contributed by atoms with E-state index in [-0.39, 0.29) is 28.4 Å². The van der Waals surface area contributed by atoms with E-state index in [0.717, 1.165) is 36.3 Å². The second kappa shape index (κ2) is 12.3. The number of benzene rings is 1. The highest BCUT2D eigenvalue weighted by Crippen LogP contribution is 2.26. The molecule has 0 fully saturated rings. The third kappa shape index (κ3) is 7.13. The smallest absolute Gasteiger partial charge is 0.280 e. The summed E-state index contributed by atoms with van der Waals surface area (Å²) in [6.07, 6.45) is 8.17. The van der Waals surface area contributed by atoms with Crippen LogP contribution in [-0.4, -0.2) is 33.4 Å². The third-order valence-corrected chi connectivity index (χ3v) is 6.43. The number of thiazole rings is 1. The number of halogens is 1. The van der Waals surface area contributed by atoms with E-state index in [1.54, 1.807) is 11.3 Å². The second-order valence-corrected chi connectivity index (χ2v) is 9.22. The van der Waals surface area contributed by atoms with Gasteiger partial charge in [-0.2, -0.15) is 0 Å². The zero-order valence-corrected chi connectivity index (χ0v) is 20.6. The number of nitrogens with zero attached hydrogens (tertiary/aromatic N) is 4. The molecular weight excluding hydrogens is 472 g/mol. The molecule has 2 heterocycles. The van der Waals surface area contributed by atoms with Crippen molar-refractivity contribution >= 4 is 46.4 Å². The Morgan fingerprint density at radius 1 is 1.09 bits per heavy atom. The van der Waals surface area contributed by atoms with Gasteiger partial charge in [-0.3, -0.25) is 15.1 Å². The van der Waals surface area contributed by atoms with Crippen molar-refractivity contribution in [1.29, 1.82) is 0 Å². The molecule has 0 spiro atoms. The first-order valence-corrected chi connectivity index (χ1v) is 12.3. The minimum Gasteiger partial charge on any atom is -0.382 e. The van der Waals surface area contributed by atoms with E-state index in [1.807, 2.05) is 6.20 Å². The number of nitrogen functional groups attached to an aromatic ring is 2. The number of rotatable bonds is 10. The van der Waals surface area contributed by atoms with E-state index < -0.39 is 5.91 Å². The number of anilines is 2. The summed E-state index contributed by atoms with van der Waals surface area (Å²) in [5.41, 5.74) is 19.2. The number of carbonyl (C=O) groups is 1. The van der Waals surface area contributed by atoms with E-state index in [4.69, 9.17) is 28.8 Å². The van der Waals surface area contributed by atoms with Crippen molar-refractivity contribution in [3.05, 3.63) is 51.7 Å². The van der Waals surface area contributed by atoms with Gasteiger partial charge < -0.3 is 17.2 Å². The number of aryl methyl sites for hydroxylation is 2. The maximum Gasteiger partial charge on any atom is 0.280 e. The van der Waals surface area contributed by atoms with Gasteiger partial charge >= 0.3 is 0 Å². The van der Waals surface area contributed by atoms with E-state index in [9.17, 15) is 4.79 Å². The van der Waals surface area contributed by atoms with Gasteiger partial charge in [0.05, 0.1) is 0 Å². The van der Waals surface area contributed by atoms with Gasteiger partial charge in [0.25, 0.3) is 5.91 Å². The highest BCUT2D eigenvalue weighted by molar-refractivity contribution is 7.15. The number of carbonyl (C=O) groups excluding carboxylic acids is 1. The molecule has 11 heteroatoms. The molecule has 180 valence electrons. The molecule has 7 N–H and O–H groups in total. The molecule has 0 aliphatic carbocycles.